The van der Waals surface area contributed by atoms with Crippen molar-refractivity contribution in [2.75, 3.05) is 52.5 Å². The maximum Gasteiger partial charge on any atom is 0.234 e. The van der Waals surface area contributed by atoms with Gasteiger partial charge in [-0.1, -0.05) is 18.2 Å². The molecule has 164 valence electrons. The number of rotatable bonds is 6. The number of nitrogens with zero attached hydrogens (tertiary/aromatic N) is 2. The highest BCUT2D eigenvalue weighted by molar-refractivity contribution is 5.85. The molecule has 2 aliphatic heterocycles. The number of piperidine rings is 1. The molecule has 2 N–H and O–H groups in total. The van der Waals surface area contributed by atoms with Crippen LogP contribution in [0.3, 0.4) is 0 Å². The number of amides is 1. The van der Waals surface area contributed by atoms with Crippen LogP contribution in [0.5, 0.6) is 0 Å². The summed E-state index contributed by atoms with van der Waals surface area (Å²) in [6, 6.07) is 8.59. The van der Waals surface area contributed by atoms with Gasteiger partial charge in [0, 0.05) is 41.8 Å². The first-order valence-corrected chi connectivity index (χ1v) is 11.3. The first-order chi connectivity index (χ1) is 14.4. The highest BCUT2D eigenvalue weighted by atomic mass is 16.5. The van der Waals surface area contributed by atoms with Crippen molar-refractivity contribution in [1.29, 1.82) is 0 Å². The van der Waals surface area contributed by atoms with Crippen LogP contribution in [-0.2, 0) is 9.53 Å². The van der Waals surface area contributed by atoms with Crippen molar-refractivity contribution in [3.05, 3.63) is 35.5 Å². The number of carbonyl (C=O) groups excluding carboxylic acids is 1. The van der Waals surface area contributed by atoms with Gasteiger partial charge in [0.1, 0.15) is 0 Å². The smallest absolute Gasteiger partial charge is 0.234 e. The van der Waals surface area contributed by atoms with Gasteiger partial charge in [-0.15, -0.1) is 0 Å². The molecular weight excluding hydrogens is 376 g/mol. The van der Waals surface area contributed by atoms with Crippen LogP contribution in [0.2, 0.25) is 0 Å². The first kappa shape index (κ1) is 21.3. The van der Waals surface area contributed by atoms with Gasteiger partial charge in [0.25, 0.3) is 0 Å². The molecule has 4 rings (SSSR count). The maximum atomic E-state index is 12.6. The van der Waals surface area contributed by atoms with Gasteiger partial charge in [0.15, 0.2) is 0 Å². The van der Waals surface area contributed by atoms with Crippen LogP contribution in [0.1, 0.15) is 43.9 Å². The molecular formula is C24H36N4O2. The fourth-order valence-corrected chi connectivity index (χ4v) is 5.06. The highest BCUT2D eigenvalue weighted by Gasteiger charge is 2.29. The van der Waals surface area contributed by atoms with E-state index in [0.29, 0.717) is 19.0 Å². The Labute approximate surface area is 179 Å². The Morgan fingerprint density at radius 2 is 1.87 bits per heavy atom. The number of hydrogen-bond acceptors (Lipinski definition) is 4. The number of morpholine rings is 1. The van der Waals surface area contributed by atoms with Crippen LogP contribution < -0.4 is 5.32 Å². The summed E-state index contributed by atoms with van der Waals surface area (Å²) in [5.74, 6) is 0.707. The van der Waals surface area contributed by atoms with Crippen LogP contribution >= 0.6 is 0 Å². The van der Waals surface area contributed by atoms with Crippen LogP contribution in [0.4, 0.5) is 0 Å². The van der Waals surface area contributed by atoms with Crippen molar-refractivity contribution >= 4 is 16.8 Å². The number of hydrogen-bond donors (Lipinski definition) is 2. The molecule has 1 aromatic heterocycles. The Morgan fingerprint density at radius 1 is 1.17 bits per heavy atom. The van der Waals surface area contributed by atoms with Crippen molar-refractivity contribution in [3.8, 4) is 0 Å². The van der Waals surface area contributed by atoms with Crippen molar-refractivity contribution in [1.82, 2.24) is 20.1 Å². The molecule has 6 heteroatoms. The Hall–Kier alpha value is -1.89. The Morgan fingerprint density at radius 3 is 2.60 bits per heavy atom. The number of aryl methyl sites for hydroxylation is 1. The van der Waals surface area contributed by atoms with Gasteiger partial charge < -0.3 is 15.0 Å². The molecule has 1 aromatic carbocycles. The van der Waals surface area contributed by atoms with Gasteiger partial charge in [-0.05, 0) is 64.3 Å². The molecule has 6 nitrogen and oxygen atoms in total. The molecule has 1 amide bonds. The zero-order valence-corrected chi connectivity index (χ0v) is 18.7. The summed E-state index contributed by atoms with van der Waals surface area (Å²) >= 11 is 0. The predicted octanol–water partition coefficient (Wildman–Crippen LogP) is 2.88. The number of aromatic nitrogens is 1. The molecule has 30 heavy (non-hydrogen) atoms. The SMILES string of the molecule is Cc1[nH]c2ccccc2c1C1CCN(CC(=O)NCC(C)(C)N2CCOCC2)CC1. The number of ether oxygens (including phenoxy) is 1. The number of fused-ring (bicyclic) bond motifs is 1. The molecule has 2 saturated heterocycles. The molecule has 0 atom stereocenters. The van der Waals surface area contributed by atoms with Gasteiger partial charge in [-0.3, -0.25) is 14.6 Å². The van der Waals surface area contributed by atoms with Crippen LogP contribution in [0.15, 0.2) is 24.3 Å². The third-order valence-corrected chi connectivity index (χ3v) is 6.89. The topological polar surface area (TPSA) is 60.6 Å². The lowest BCUT2D eigenvalue weighted by molar-refractivity contribution is -0.123. The van der Waals surface area contributed by atoms with E-state index < -0.39 is 0 Å². The third kappa shape index (κ3) is 4.71. The summed E-state index contributed by atoms with van der Waals surface area (Å²) in [4.78, 5) is 20.8. The molecule has 2 aromatic rings. The molecule has 0 radical (unpaired) electrons. The fraction of sp³-hybridized carbons (Fsp3) is 0.625. The van der Waals surface area contributed by atoms with Gasteiger partial charge in [-0.25, -0.2) is 0 Å². The van der Waals surface area contributed by atoms with Gasteiger partial charge in [0.05, 0.1) is 19.8 Å². The number of likely N-dealkylation sites (tertiary alicyclic amines) is 1. The largest absolute Gasteiger partial charge is 0.379 e. The second kappa shape index (κ2) is 9.08. The molecule has 2 aliphatic rings. The van der Waals surface area contributed by atoms with Crippen molar-refractivity contribution < 1.29 is 9.53 Å². The Bertz CT molecular complexity index is 861. The van der Waals surface area contributed by atoms with E-state index in [9.17, 15) is 4.79 Å². The summed E-state index contributed by atoms with van der Waals surface area (Å²) in [5.41, 5.74) is 3.95. The Kier molecular flexibility index (Phi) is 6.46. The van der Waals surface area contributed by atoms with Crippen molar-refractivity contribution in [2.45, 2.75) is 45.1 Å². The van der Waals surface area contributed by atoms with Crippen LogP contribution in [0.25, 0.3) is 10.9 Å². The van der Waals surface area contributed by atoms with Crippen molar-refractivity contribution in [3.63, 3.8) is 0 Å². The van der Waals surface area contributed by atoms with E-state index in [4.69, 9.17) is 4.74 Å². The fourth-order valence-electron chi connectivity index (χ4n) is 5.06. The number of carbonyl (C=O) groups is 1. The standard InChI is InChI=1S/C24H36N4O2/c1-18-23(20-6-4-5-7-21(20)26-18)19-8-10-27(11-9-19)16-22(29)25-17-24(2,3)28-12-14-30-15-13-28/h4-7,19,26H,8-17H2,1-3H3,(H,25,29). The summed E-state index contributed by atoms with van der Waals surface area (Å²) in [6.07, 6.45) is 2.21. The van der Waals surface area contributed by atoms with E-state index in [1.165, 1.54) is 22.2 Å². The summed E-state index contributed by atoms with van der Waals surface area (Å²) < 4.78 is 5.45. The van der Waals surface area contributed by atoms with E-state index >= 15 is 0 Å². The van der Waals surface area contributed by atoms with E-state index in [1.807, 2.05) is 0 Å². The predicted molar refractivity (Wildman–Crippen MR) is 121 cm³/mol. The van der Waals surface area contributed by atoms with E-state index in [-0.39, 0.29) is 11.4 Å². The quantitative estimate of drug-likeness (QED) is 0.766. The van der Waals surface area contributed by atoms with E-state index in [2.05, 4.69) is 65.1 Å². The lowest BCUT2D eigenvalue weighted by Gasteiger charge is -2.41. The zero-order valence-electron chi connectivity index (χ0n) is 18.7. The van der Waals surface area contributed by atoms with Crippen molar-refractivity contribution in [2.24, 2.45) is 0 Å². The molecule has 0 bridgehead atoms. The average Bonchev–Trinajstić information content (AvgIpc) is 3.09. The van der Waals surface area contributed by atoms with Gasteiger partial charge >= 0.3 is 0 Å². The second-order valence-electron chi connectivity index (χ2n) is 9.45. The average molecular weight is 413 g/mol. The minimum atomic E-state index is -0.0424. The first-order valence-electron chi connectivity index (χ1n) is 11.3. The lowest BCUT2D eigenvalue weighted by Crippen LogP contribution is -2.56. The zero-order chi connectivity index (χ0) is 21.1. The number of para-hydroxylation sites is 1. The monoisotopic (exact) mass is 412 g/mol. The number of nitrogens with one attached hydrogen (secondary N) is 2. The Balaban J connectivity index is 1.26. The summed E-state index contributed by atoms with van der Waals surface area (Å²) in [5, 5.41) is 4.53. The molecule has 3 heterocycles. The lowest BCUT2D eigenvalue weighted by atomic mass is 9.87. The summed E-state index contributed by atoms with van der Waals surface area (Å²) in [6.45, 7) is 13.1. The molecule has 0 aliphatic carbocycles. The van der Waals surface area contributed by atoms with Crippen LogP contribution in [-0.4, -0.2) is 78.7 Å². The minimum absolute atomic E-state index is 0.0424. The molecule has 0 spiro atoms. The minimum Gasteiger partial charge on any atom is -0.379 e. The number of aromatic amines is 1. The van der Waals surface area contributed by atoms with Gasteiger partial charge in [-0.2, -0.15) is 0 Å². The maximum absolute atomic E-state index is 12.6. The number of H-pyrrole nitrogens is 1. The highest BCUT2D eigenvalue weighted by Crippen LogP contribution is 2.35. The van der Waals surface area contributed by atoms with Crippen LogP contribution in [0, 0.1) is 6.92 Å². The second-order valence-corrected chi connectivity index (χ2v) is 9.45. The normalized spacial score (nSPS) is 20.0. The van der Waals surface area contributed by atoms with E-state index in [1.54, 1.807) is 0 Å². The molecule has 0 saturated carbocycles. The van der Waals surface area contributed by atoms with E-state index in [0.717, 1.165) is 52.2 Å². The summed E-state index contributed by atoms with van der Waals surface area (Å²) in [7, 11) is 0. The van der Waals surface area contributed by atoms with Gasteiger partial charge in [0.2, 0.25) is 5.91 Å². The molecule has 2 fully saturated rings. The third-order valence-electron chi connectivity index (χ3n) is 6.89. The number of benzene rings is 1. The molecule has 0 unspecified atom stereocenters.